The minimum Gasteiger partial charge on any atom is -0.496 e. The molecular weight excluding hydrogens is 304 g/mol. The molecule has 0 spiro atoms. The Kier molecular flexibility index (Phi) is 7.42. The van der Waals surface area contributed by atoms with Crippen LogP contribution in [0.15, 0.2) is 22.7 Å². The smallest absolute Gasteiger partial charge is 0.133 e. The third-order valence-electron chi connectivity index (χ3n) is 3.15. The Balaban J connectivity index is 2.53. The van der Waals surface area contributed by atoms with Crippen molar-refractivity contribution in [3.63, 3.8) is 0 Å². The molecule has 1 aromatic carbocycles. The maximum absolute atomic E-state index is 5.26. The molecule has 3 nitrogen and oxygen atoms in total. The van der Waals surface area contributed by atoms with Crippen molar-refractivity contribution in [2.45, 2.75) is 19.9 Å². The number of benzene rings is 1. The number of hydrogen-bond acceptors (Lipinski definition) is 3. The monoisotopic (exact) mass is 328 g/mol. The molecule has 0 radical (unpaired) electrons. The second-order valence-corrected chi connectivity index (χ2v) is 5.85. The van der Waals surface area contributed by atoms with Crippen molar-refractivity contribution in [3.8, 4) is 5.75 Å². The van der Waals surface area contributed by atoms with E-state index in [2.05, 4.69) is 58.9 Å². The van der Waals surface area contributed by atoms with Crippen molar-refractivity contribution in [3.05, 3.63) is 28.2 Å². The van der Waals surface area contributed by atoms with Gasteiger partial charge in [-0.1, -0.05) is 13.0 Å². The number of ether oxygens (including phenoxy) is 1. The van der Waals surface area contributed by atoms with E-state index in [0.29, 0.717) is 0 Å². The molecule has 0 fully saturated rings. The maximum atomic E-state index is 5.26. The van der Waals surface area contributed by atoms with Gasteiger partial charge in [0.2, 0.25) is 0 Å². The molecule has 0 saturated heterocycles. The largest absolute Gasteiger partial charge is 0.496 e. The van der Waals surface area contributed by atoms with E-state index < -0.39 is 0 Å². The fourth-order valence-electron chi connectivity index (χ4n) is 2.03. The lowest BCUT2D eigenvalue weighted by atomic mass is 10.2. The van der Waals surface area contributed by atoms with Gasteiger partial charge in [0.25, 0.3) is 0 Å². The van der Waals surface area contributed by atoms with Gasteiger partial charge in [-0.15, -0.1) is 0 Å². The molecule has 0 heterocycles. The summed E-state index contributed by atoms with van der Waals surface area (Å²) in [5.41, 5.74) is 1.32. The van der Waals surface area contributed by atoms with Gasteiger partial charge in [0.1, 0.15) is 5.75 Å². The Morgan fingerprint density at radius 1 is 1.21 bits per heavy atom. The number of hydrogen-bond donors (Lipinski definition) is 0. The van der Waals surface area contributed by atoms with Crippen LogP contribution in [0.3, 0.4) is 0 Å². The van der Waals surface area contributed by atoms with Crippen LogP contribution in [-0.2, 0) is 6.54 Å². The second-order valence-electron chi connectivity index (χ2n) is 4.99. The summed E-state index contributed by atoms with van der Waals surface area (Å²) in [6, 6.07) is 6.30. The molecule has 4 heteroatoms. The molecule has 1 rings (SSSR count). The van der Waals surface area contributed by atoms with E-state index in [1.807, 2.05) is 6.07 Å². The van der Waals surface area contributed by atoms with E-state index in [1.54, 1.807) is 7.11 Å². The van der Waals surface area contributed by atoms with Gasteiger partial charge in [-0.2, -0.15) is 0 Å². The Morgan fingerprint density at radius 3 is 2.47 bits per heavy atom. The van der Waals surface area contributed by atoms with Crippen molar-refractivity contribution >= 4 is 15.9 Å². The summed E-state index contributed by atoms with van der Waals surface area (Å²) < 4.78 is 6.28. The van der Waals surface area contributed by atoms with Crippen LogP contribution in [0, 0.1) is 0 Å². The molecule has 0 aliphatic rings. The van der Waals surface area contributed by atoms with Crippen molar-refractivity contribution < 1.29 is 4.74 Å². The summed E-state index contributed by atoms with van der Waals surface area (Å²) in [6.45, 7) is 6.57. The highest BCUT2D eigenvalue weighted by molar-refractivity contribution is 9.10. The van der Waals surface area contributed by atoms with Crippen LogP contribution in [0.25, 0.3) is 0 Å². The third kappa shape index (κ3) is 5.93. The van der Waals surface area contributed by atoms with E-state index in [9.17, 15) is 0 Å². The quantitative estimate of drug-likeness (QED) is 0.728. The van der Waals surface area contributed by atoms with Crippen molar-refractivity contribution in [1.82, 2.24) is 9.80 Å². The highest BCUT2D eigenvalue weighted by Gasteiger charge is 2.06. The topological polar surface area (TPSA) is 15.7 Å². The van der Waals surface area contributed by atoms with Crippen LogP contribution >= 0.6 is 15.9 Å². The zero-order valence-corrected chi connectivity index (χ0v) is 14.0. The van der Waals surface area contributed by atoms with Gasteiger partial charge in [-0.3, -0.25) is 4.90 Å². The molecule has 0 aliphatic heterocycles. The molecule has 108 valence electrons. The van der Waals surface area contributed by atoms with Crippen LogP contribution in [-0.4, -0.2) is 50.6 Å². The molecule has 0 bridgehead atoms. The van der Waals surface area contributed by atoms with Gasteiger partial charge < -0.3 is 9.64 Å². The minimum atomic E-state index is 0.888. The Labute approximate surface area is 125 Å². The molecular formula is C15H25BrN2O. The van der Waals surface area contributed by atoms with Gasteiger partial charge in [0.15, 0.2) is 0 Å². The zero-order valence-electron chi connectivity index (χ0n) is 12.4. The van der Waals surface area contributed by atoms with E-state index in [1.165, 1.54) is 12.0 Å². The van der Waals surface area contributed by atoms with Crippen LogP contribution in [0.4, 0.5) is 0 Å². The summed E-state index contributed by atoms with van der Waals surface area (Å²) in [5.74, 6) is 0.888. The normalized spacial score (nSPS) is 11.3. The lowest BCUT2D eigenvalue weighted by molar-refractivity contribution is 0.259. The van der Waals surface area contributed by atoms with E-state index in [-0.39, 0.29) is 0 Å². The Bertz CT molecular complexity index is 382. The summed E-state index contributed by atoms with van der Waals surface area (Å²) in [6.07, 6.45) is 1.21. The molecule has 0 aromatic heterocycles. The van der Waals surface area contributed by atoms with Gasteiger partial charge in [-0.25, -0.2) is 0 Å². The second kappa shape index (κ2) is 8.56. The van der Waals surface area contributed by atoms with Crippen LogP contribution in [0.5, 0.6) is 5.75 Å². The van der Waals surface area contributed by atoms with Crippen LogP contribution < -0.4 is 4.74 Å². The first kappa shape index (κ1) is 16.5. The van der Waals surface area contributed by atoms with Crippen molar-refractivity contribution in [2.75, 3.05) is 40.8 Å². The van der Waals surface area contributed by atoms with Gasteiger partial charge in [-0.05, 0) is 73.8 Å². The highest BCUT2D eigenvalue weighted by Crippen LogP contribution is 2.26. The SMILES string of the molecule is CCN(CCCN(C)C)Cc1ccc(OC)c(Br)c1. The number of halogens is 1. The molecule has 0 unspecified atom stereocenters. The molecule has 0 N–H and O–H groups in total. The number of methoxy groups -OCH3 is 1. The minimum absolute atomic E-state index is 0.888. The predicted molar refractivity (Wildman–Crippen MR) is 84.8 cm³/mol. The third-order valence-corrected chi connectivity index (χ3v) is 3.77. The Hall–Kier alpha value is -0.580. The van der Waals surface area contributed by atoms with E-state index in [0.717, 1.165) is 36.4 Å². The number of nitrogens with zero attached hydrogens (tertiary/aromatic N) is 2. The first-order valence-electron chi connectivity index (χ1n) is 6.76. The van der Waals surface area contributed by atoms with Gasteiger partial charge >= 0.3 is 0 Å². The Morgan fingerprint density at radius 2 is 1.95 bits per heavy atom. The van der Waals surface area contributed by atoms with Gasteiger partial charge in [0, 0.05) is 6.54 Å². The van der Waals surface area contributed by atoms with Gasteiger partial charge in [0.05, 0.1) is 11.6 Å². The van der Waals surface area contributed by atoms with Crippen molar-refractivity contribution in [1.29, 1.82) is 0 Å². The van der Waals surface area contributed by atoms with Crippen molar-refractivity contribution in [2.24, 2.45) is 0 Å². The average molecular weight is 329 g/mol. The zero-order chi connectivity index (χ0) is 14.3. The first-order chi connectivity index (χ1) is 9.06. The van der Waals surface area contributed by atoms with Crippen LogP contribution in [0.2, 0.25) is 0 Å². The first-order valence-corrected chi connectivity index (χ1v) is 7.55. The molecule has 1 aromatic rings. The molecule has 0 saturated carbocycles. The van der Waals surface area contributed by atoms with E-state index >= 15 is 0 Å². The summed E-state index contributed by atoms with van der Waals surface area (Å²) in [5, 5.41) is 0. The summed E-state index contributed by atoms with van der Waals surface area (Å²) in [4.78, 5) is 4.70. The lowest BCUT2D eigenvalue weighted by Gasteiger charge is -2.21. The molecule has 0 atom stereocenters. The fraction of sp³-hybridized carbons (Fsp3) is 0.600. The highest BCUT2D eigenvalue weighted by atomic mass is 79.9. The summed E-state index contributed by atoms with van der Waals surface area (Å²) in [7, 11) is 5.94. The molecule has 0 aliphatic carbocycles. The lowest BCUT2D eigenvalue weighted by Crippen LogP contribution is -2.26. The standard InChI is InChI=1S/C15H25BrN2O/c1-5-18(10-6-9-17(2)3)12-13-7-8-15(19-4)14(16)11-13/h7-8,11H,5-6,9-10,12H2,1-4H3. The fourth-order valence-corrected chi connectivity index (χ4v) is 2.61. The maximum Gasteiger partial charge on any atom is 0.133 e. The molecule has 19 heavy (non-hydrogen) atoms. The van der Waals surface area contributed by atoms with E-state index in [4.69, 9.17) is 4.74 Å². The van der Waals surface area contributed by atoms with Crippen LogP contribution in [0.1, 0.15) is 18.9 Å². The number of rotatable bonds is 8. The summed E-state index contributed by atoms with van der Waals surface area (Å²) >= 11 is 3.54. The molecule has 0 amide bonds. The predicted octanol–water partition coefficient (Wildman–Crippen LogP) is 3.23. The average Bonchev–Trinajstić information content (AvgIpc) is 2.37.